The fourth-order valence-corrected chi connectivity index (χ4v) is 5.37. The molecule has 0 fully saturated rings. The molecule has 0 aliphatic heterocycles. The van der Waals surface area contributed by atoms with Gasteiger partial charge in [0.2, 0.25) is 0 Å². The van der Waals surface area contributed by atoms with Crippen LogP contribution in [0.1, 0.15) is 168 Å². The molecule has 0 aromatic rings. The number of esters is 2. The van der Waals surface area contributed by atoms with Gasteiger partial charge in [-0.25, -0.2) is 4.57 Å². The molecule has 1 atom stereocenters. The Morgan fingerprint density at radius 2 is 0.958 bits per heavy atom. The zero-order valence-corrected chi connectivity index (χ0v) is 31.3. The normalized spacial score (nSPS) is 13.0. The number of phosphoric acid groups is 1. The second-order valence-corrected chi connectivity index (χ2v) is 13.8. The first-order valence-corrected chi connectivity index (χ1v) is 20.5. The maximum absolute atomic E-state index is 12.3. The van der Waals surface area contributed by atoms with Crippen molar-refractivity contribution >= 4 is 19.8 Å². The molecule has 0 aromatic carbocycles. The van der Waals surface area contributed by atoms with Crippen LogP contribution in [0.4, 0.5) is 0 Å². The van der Waals surface area contributed by atoms with Crippen molar-refractivity contribution < 1.29 is 37.9 Å². The molecule has 0 aromatic heterocycles. The molecule has 278 valence electrons. The summed E-state index contributed by atoms with van der Waals surface area (Å²) < 4.78 is 26.2. The van der Waals surface area contributed by atoms with Gasteiger partial charge in [-0.15, -0.1) is 0 Å². The first kappa shape index (κ1) is 46.0. The molecular weight excluding hydrogens is 627 g/mol. The van der Waals surface area contributed by atoms with Gasteiger partial charge in [-0.3, -0.25) is 14.1 Å². The summed E-state index contributed by atoms with van der Waals surface area (Å²) >= 11 is 0. The highest BCUT2D eigenvalue weighted by Gasteiger charge is 2.22. The summed E-state index contributed by atoms with van der Waals surface area (Å²) in [6.07, 6.45) is 41.2. The fraction of sp³-hybridized carbons (Fsp3) is 0.744. The minimum atomic E-state index is -4.76. The van der Waals surface area contributed by atoms with Gasteiger partial charge in [-0.1, -0.05) is 152 Å². The molecule has 0 aliphatic rings. The summed E-state index contributed by atoms with van der Waals surface area (Å²) in [7, 11) is -4.76. The number of allylic oxidation sites excluding steroid dienone is 8. The quantitative estimate of drug-likeness (QED) is 0.0295. The van der Waals surface area contributed by atoms with Gasteiger partial charge in [0.25, 0.3) is 0 Å². The number of carbonyl (C=O) groups is 2. The van der Waals surface area contributed by atoms with Crippen molar-refractivity contribution in [3.63, 3.8) is 0 Å². The van der Waals surface area contributed by atoms with E-state index in [0.717, 1.165) is 38.5 Å². The zero-order valence-electron chi connectivity index (χ0n) is 30.4. The molecule has 9 heteroatoms. The van der Waals surface area contributed by atoms with Crippen molar-refractivity contribution in [2.45, 2.75) is 174 Å². The highest BCUT2D eigenvalue weighted by atomic mass is 31.2. The van der Waals surface area contributed by atoms with Gasteiger partial charge in [0.05, 0.1) is 6.61 Å². The van der Waals surface area contributed by atoms with Crippen LogP contribution in [0.15, 0.2) is 48.6 Å². The number of phosphoric ester groups is 1. The van der Waals surface area contributed by atoms with Gasteiger partial charge >= 0.3 is 19.8 Å². The van der Waals surface area contributed by atoms with Crippen LogP contribution in [0.25, 0.3) is 0 Å². The van der Waals surface area contributed by atoms with Crippen molar-refractivity contribution in [3.8, 4) is 0 Å². The summed E-state index contributed by atoms with van der Waals surface area (Å²) in [6, 6.07) is 0. The fourth-order valence-electron chi connectivity index (χ4n) is 5.01. The number of unbranched alkanes of at least 4 members (excludes halogenated alkanes) is 16. The van der Waals surface area contributed by atoms with Gasteiger partial charge in [-0.2, -0.15) is 0 Å². The third-order valence-electron chi connectivity index (χ3n) is 7.85. The Morgan fingerprint density at radius 1 is 0.542 bits per heavy atom. The first-order chi connectivity index (χ1) is 23.3. The van der Waals surface area contributed by atoms with Crippen LogP contribution in [0.2, 0.25) is 0 Å². The van der Waals surface area contributed by atoms with Crippen LogP contribution >= 0.6 is 7.82 Å². The van der Waals surface area contributed by atoms with Crippen molar-refractivity contribution in [3.05, 3.63) is 48.6 Å². The van der Waals surface area contributed by atoms with Crippen molar-refractivity contribution in [2.24, 2.45) is 0 Å². The Labute approximate surface area is 293 Å². The largest absolute Gasteiger partial charge is 0.469 e. The highest BCUT2D eigenvalue weighted by Crippen LogP contribution is 2.36. The van der Waals surface area contributed by atoms with Gasteiger partial charge in [0.1, 0.15) is 6.61 Å². The Balaban J connectivity index is 4.08. The minimum absolute atomic E-state index is 0.136. The number of ether oxygens (including phenoxy) is 2. The second kappa shape index (κ2) is 34.9. The SMILES string of the molecule is CCCCCC=CCC=CCC=CCC=CCCCC(=O)OC(COC(=O)CCCCCCCCCCCCCCC)COP(=O)(O)O. The molecule has 0 rings (SSSR count). The topological polar surface area (TPSA) is 119 Å². The predicted octanol–water partition coefficient (Wildman–Crippen LogP) is 11.2. The van der Waals surface area contributed by atoms with E-state index in [1.165, 1.54) is 89.9 Å². The van der Waals surface area contributed by atoms with E-state index in [-0.39, 0.29) is 19.4 Å². The molecule has 0 amide bonds. The van der Waals surface area contributed by atoms with E-state index in [1.54, 1.807) is 0 Å². The Kier molecular flexibility index (Phi) is 33.4. The lowest BCUT2D eigenvalue weighted by molar-refractivity contribution is -0.161. The summed E-state index contributed by atoms with van der Waals surface area (Å²) in [4.78, 5) is 42.6. The van der Waals surface area contributed by atoms with Gasteiger partial charge in [0, 0.05) is 12.8 Å². The van der Waals surface area contributed by atoms with E-state index in [0.29, 0.717) is 12.8 Å². The monoisotopic (exact) mass is 696 g/mol. The lowest BCUT2D eigenvalue weighted by Gasteiger charge is -2.18. The van der Waals surface area contributed by atoms with Crippen LogP contribution in [-0.2, 0) is 28.2 Å². The average Bonchev–Trinajstić information content (AvgIpc) is 3.05. The van der Waals surface area contributed by atoms with E-state index >= 15 is 0 Å². The summed E-state index contributed by atoms with van der Waals surface area (Å²) in [5, 5.41) is 0. The molecule has 0 spiro atoms. The van der Waals surface area contributed by atoms with Gasteiger partial charge < -0.3 is 19.3 Å². The Morgan fingerprint density at radius 3 is 1.46 bits per heavy atom. The van der Waals surface area contributed by atoms with Crippen molar-refractivity contribution in [2.75, 3.05) is 13.2 Å². The molecular formula is C39H69O8P. The molecule has 0 saturated heterocycles. The summed E-state index contributed by atoms with van der Waals surface area (Å²) in [6.45, 7) is 3.60. The molecule has 0 aliphatic carbocycles. The lowest BCUT2D eigenvalue weighted by Crippen LogP contribution is -2.29. The number of rotatable bonds is 34. The second-order valence-electron chi connectivity index (χ2n) is 12.6. The van der Waals surface area contributed by atoms with Gasteiger partial charge in [-0.05, 0) is 51.4 Å². The predicted molar refractivity (Wildman–Crippen MR) is 198 cm³/mol. The van der Waals surface area contributed by atoms with Crippen LogP contribution < -0.4 is 0 Å². The Hall–Kier alpha value is -1.99. The molecule has 0 bridgehead atoms. The number of hydrogen-bond donors (Lipinski definition) is 2. The van der Waals surface area contributed by atoms with Crippen molar-refractivity contribution in [1.82, 2.24) is 0 Å². The molecule has 0 radical (unpaired) electrons. The average molecular weight is 697 g/mol. The summed E-state index contributed by atoms with van der Waals surface area (Å²) in [5.74, 6) is -0.950. The van der Waals surface area contributed by atoms with Crippen LogP contribution in [0, 0.1) is 0 Å². The molecule has 0 heterocycles. The van der Waals surface area contributed by atoms with E-state index in [4.69, 9.17) is 19.3 Å². The van der Waals surface area contributed by atoms with Crippen LogP contribution in [-0.4, -0.2) is 41.0 Å². The molecule has 1 unspecified atom stereocenters. The smallest absolute Gasteiger partial charge is 0.462 e. The third kappa shape index (κ3) is 36.8. The van der Waals surface area contributed by atoms with E-state index in [2.05, 4.69) is 60.9 Å². The number of hydrogen-bond acceptors (Lipinski definition) is 6. The maximum atomic E-state index is 12.3. The van der Waals surface area contributed by atoms with E-state index in [1.807, 2.05) is 6.08 Å². The molecule has 0 saturated carbocycles. The highest BCUT2D eigenvalue weighted by molar-refractivity contribution is 7.46. The Bertz CT molecular complexity index is 921. The minimum Gasteiger partial charge on any atom is -0.462 e. The molecule has 8 nitrogen and oxygen atoms in total. The van der Waals surface area contributed by atoms with Gasteiger partial charge in [0.15, 0.2) is 6.10 Å². The number of carbonyl (C=O) groups excluding carboxylic acids is 2. The standard InChI is InChI=1S/C39H69O8P/c1-3-5-7-9-11-13-15-17-18-19-20-22-24-26-28-30-32-34-39(41)47-37(36-46-48(42,43)44)35-45-38(40)33-31-29-27-25-23-21-16-14-12-10-8-6-4-2/h11,13,17-18,20,22,26,28,37H,3-10,12,14-16,19,21,23-25,27,29-36H2,1-2H3,(H2,42,43,44). The lowest BCUT2D eigenvalue weighted by atomic mass is 10.0. The van der Waals surface area contributed by atoms with E-state index < -0.39 is 32.5 Å². The molecule has 48 heavy (non-hydrogen) atoms. The van der Waals surface area contributed by atoms with Crippen LogP contribution in [0.3, 0.4) is 0 Å². The third-order valence-corrected chi connectivity index (χ3v) is 8.34. The zero-order chi connectivity index (χ0) is 35.4. The van der Waals surface area contributed by atoms with E-state index in [9.17, 15) is 14.2 Å². The first-order valence-electron chi connectivity index (χ1n) is 18.9. The summed E-state index contributed by atoms with van der Waals surface area (Å²) in [5.41, 5.74) is 0. The molecule has 2 N–H and O–H groups in total. The van der Waals surface area contributed by atoms with Crippen molar-refractivity contribution in [1.29, 1.82) is 0 Å². The van der Waals surface area contributed by atoms with Crippen LogP contribution in [0.5, 0.6) is 0 Å². The maximum Gasteiger partial charge on any atom is 0.469 e.